The van der Waals surface area contributed by atoms with Crippen LogP contribution in [0.4, 0.5) is 5.69 Å². The Morgan fingerprint density at radius 2 is 2.00 bits per heavy atom. The number of nitrogens with zero attached hydrogens (tertiary/aromatic N) is 1. The highest BCUT2D eigenvalue weighted by molar-refractivity contribution is 6.04. The van der Waals surface area contributed by atoms with E-state index < -0.39 is 0 Å². The van der Waals surface area contributed by atoms with Crippen molar-refractivity contribution in [1.29, 1.82) is 0 Å². The van der Waals surface area contributed by atoms with Gasteiger partial charge in [0.25, 0.3) is 5.91 Å². The van der Waals surface area contributed by atoms with Crippen LogP contribution in [-0.2, 0) is 4.79 Å². The van der Waals surface area contributed by atoms with Crippen molar-refractivity contribution in [3.63, 3.8) is 0 Å². The fraction of sp³-hybridized carbons (Fsp3) is 0.556. The molecule has 0 bridgehead atoms. The molecule has 1 aromatic rings. The molecular weight excluding hydrogens is 290 g/mol. The minimum Gasteiger partial charge on any atom is -0.349 e. The number of benzene rings is 1. The van der Waals surface area contributed by atoms with Crippen LogP contribution in [0.1, 0.15) is 43.0 Å². The van der Waals surface area contributed by atoms with Gasteiger partial charge >= 0.3 is 0 Å². The van der Waals surface area contributed by atoms with Gasteiger partial charge in [-0.1, -0.05) is 19.1 Å². The first-order valence-electron chi connectivity index (χ1n) is 8.54. The first-order valence-corrected chi connectivity index (χ1v) is 8.54. The molecule has 1 aliphatic carbocycles. The van der Waals surface area contributed by atoms with Crippen molar-refractivity contribution in [1.82, 2.24) is 10.2 Å². The van der Waals surface area contributed by atoms with Crippen LogP contribution >= 0.6 is 0 Å². The molecule has 5 nitrogen and oxygen atoms in total. The summed E-state index contributed by atoms with van der Waals surface area (Å²) < 4.78 is 0. The Bertz CT molecular complexity index is 583. The second-order valence-corrected chi connectivity index (χ2v) is 6.82. The Morgan fingerprint density at radius 3 is 2.74 bits per heavy atom. The van der Waals surface area contributed by atoms with Gasteiger partial charge in [-0.25, -0.2) is 0 Å². The summed E-state index contributed by atoms with van der Waals surface area (Å²) >= 11 is 0. The fourth-order valence-corrected chi connectivity index (χ4v) is 3.10. The van der Waals surface area contributed by atoms with Crippen LogP contribution in [0.5, 0.6) is 0 Å². The van der Waals surface area contributed by atoms with Crippen LogP contribution in [0.25, 0.3) is 0 Å². The molecule has 1 atom stereocenters. The van der Waals surface area contributed by atoms with Crippen LogP contribution in [0.3, 0.4) is 0 Å². The number of nitrogens with one attached hydrogen (secondary N) is 2. The third kappa shape index (κ3) is 4.55. The predicted octanol–water partition coefficient (Wildman–Crippen LogP) is 2.25. The standard InChI is InChI=1S/C18H25N3O2/c1-13-5-4-10-21(11-13)12-17(22)20-16-7-3-2-6-15(16)18(23)19-14-8-9-14/h2-3,6-7,13-14H,4-5,8-12H2,1H3,(H,19,23)(H,20,22)/t13-/m1/s1. The van der Waals surface area contributed by atoms with E-state index in [1.165, 1.54) is 6.42 Å². The molecule has 0 aromatic heterocycles. The lowest BCUT2D eigenvalue weighted by atomic mass is 10.0. The van der Waals surface area contributed by atoms with E-state index in [1.807, 2.05) is 12.1 Å². The molecule has 1 saturated carbocycles. The molecule has 124 valence electrons. The molecule has 1 saturated heterocycles. The molecule has 0 spiro atoms. The molecule has 0 unspecified atom stereocenters. The number of hydrogen-bond acceptors (Lipinski definition) is 3. The van der Waals surface area contributed by atoms with Crippen molar-refractivity contribution in [2.24, 2.45) is 5.92 Å². The van der Waals surface area contributed by atoms with Crippen molar-refractivity contribution in [2.75, 3.05) is 25.0 Å². The van der Waals surface area contributed by atoms with Gasteiger partial charge in [0.1, 0.15) is 0 Å². The maximum atomic E-state index is 12.3. The first kappa shape index (κ1) is 16.0. The second-order valence-electron chi connectivity index (χ2n) is 6.82. The van der Waals surface area contributed by atoms with E-state index in [-0.39, 0.29) is 11.8 Å². The van der Waals surface area contributed by atoms with Gasteiger partial charge in [-0.05, 0) is 50.3 Å². The highest BCUT2D eigenvalue weighted by Gasteiger charge is 2.25. The lowest BCUT2D eigenvalue weighted by Gasteiger charge is -2.30. The molecule has 2 N–H and O–H groups in total. The zero-order valence-corrected chi connectivity index (χ0v) is 13.7. The number of amides is 2. The van der Waals surface area contributed by atoms with Crippen LogP contribution in [0, 0.1) is 5.92 Å². The number of likely N-dealkylation sites (tertiary alicyclic amines) is 1. The first-order chi connectivity index (χ1) is 11.1. The van der Waals surface area contributed by atoms with E-state index >= 15 is 0 Å². The Labute approximate surface area is 137 Å². The fourth-order valence-electron chi connectivity index (χ4n) is 3.10. The molecular formula is C18H25N3O2. The molecule has 3 rings (SSSR count). The number of rotatable bonds is 5. The van der Waals surface area contributed by atoms with Crippen molar-refractivity contribution < 1.29 is 9.59 Å². The number of hydrogen-bond donors (Lipinski definition) is 2. The zero-order valence-electron chi connectivity index (χ0n) is 13.7. The summed E-state index contributed by atoms with van der Waals surface area (Å²) in [6.45, 7) is 4.56. The molecule has 0 radical (unpaired) electrons. The Morgan fingerprint density at radius 1 is 1.22 bits per heavy atom. The van der Waals surface area contributed by atoms with Crippen molar-refractivity contribution in [3.05, 3.63) is 29.8 Å². The van der Waals surface area contributed by atoms with E-state index in [0.29, 0.717) is 29.8 Å². The lowest BCUT2D eigenvalue weighted by molar-refractivity contribution is -0.117. The van der Waals surface area contributed by atoms with Gasteiger partial charge in [0.05, 0.1) is 17.8 Å². The van der Waals surface area contributed by atoms with E-state index in [1.54, 1.807) is 12.1 Å². The number of carbonyl (C=O) groups excluding carboxylic acids is 2. The van der Waals surface area contributed by atoms with Gasteiger partial charge in [-0.2, -0.15) is 0 Å². The van der Waals surface area contributed by atoms with Crippen LogP contribution in [-0.4, -0.2) is 42.4 Å². The van der Waals surface area contributed by atoms with Gasteiger partial charge < -0.3 is 10.6 Å². The molecule has 2 aliphatic rings. The quantitative estimate of drug-likeness (QED) is 0.876. The van der Waals surface area contributed by atoms with Crippen LogP contribution in [0.15, 0.2) is 24.3 Å². The minimum absolute atomic E-state index is 0.0502. The number of anilines is 1. The van der Waals surface area contributed by atoms with E-state index in [2.05, 4.69) is 22.5 Å². The van der Waals surface area contributed by atoms with E-state index in [4.69, 9.17) is 0 Å². The summed E-state index contributed by atoms with van der Waals surface area (Å²) in [5, 5.41) is 5.88. The molecule has 2 fully saturated rings. The summed E-state index contributed by atoms with van der Waals surface area (Å²) in [6.07, 6.45) is 4.48. The normalized spacial score (nSPS) is 21.7. The smallest absolute Gasteiger partial charge is 0.253 e. The van der Waals surface area contributed by atoms with E-state index in [9.17, 15) is 9.59 Å². The summed E-state index contributed by atoms with van der Waals surface area (Å²) in [5.74, 6) is 0.494. The van der Waals surface area contributed by atoms with Crippen molar-refractivity contribution in [2.45, 2.75) is 38.6 Å². The highest BCUT2D eigenvalue weighted by atomic mass is 16.2. The second kappa shape index (κ2) is 7.13. The topological polar surface area (TPSA) is 61.4 Å². The van der Waals surface area contributed by atoms with Crippen molar-refractivity contribution in [3.8, 4) is 0 Å². The summed E-state index contributed by atoms with van der Waals surface area (Å²) in [4.78, 5) is 26.8. The van der Waals surface area contributed by atoms with Gasteiger partial charge in [0.15, 0.2) is 0 Å². The maximum Gasteiger partial charge on any atom is 0.253 e. The Kier molecular flexibility index (Phi) is 4.96. The molecule has 1 aliphatic heterocycles. The van der Waals surface area contributed by atoms with Crippen LogP contribution < -0.4 is 10.6 Å². The molecule has 5 heteroatoms. The highest BCUT2D eigenvalue weighted by Crippen LogP contribution is 2.22. The largest absolute Gasteiger partial charge is 0.349 e. The van der Waals surface area contributed by atoms with Gasteiger partial charge in [0.2, 0.25) is 5.91 Å². The van der Waals surface area contributed by atoms with Crippen molar-refractivity contribution >= 4 is 17.5 Å². The Balaban J connectivity index is 1.60. The Hall–Kier alpha value is -1.88. The molecule has 23 heavy (non-hydrogen) atoms. The van der Waals surface area contributed by atoms with Crippen LogP contribution in [0.2, 0.25) is 0 Å². The lowest BCUT2D eigenvalue weighted by Crippen LogP contribution is -2.40. The average molecular weight is 315 g/mol. The monoisotopic (exact) mass is 315 g/mol. The predicted molar refractivity (Wildman–Crippen MR) is 90.4 cm³/mol. The molecule has 1 heterocycles. The summed E-state index contributed by atoms with van der Waals surface area (Å²) in [7, 11) is 0. The molecule has 2 amide bonds. The van der Waals surface area contributed by atoms with Gasteiger partial charge in [-0.3, -0.25) is 14.5 Å². The maximum absolute atomic E-state index is 12.3. The minimum atomic E-state index is -0.102. The zero-order chi connectivity index (χ0) is 16.2. The third-order valence-electron chi connectivity index (χ3n) is 4.47. The SMILES string of the molecule is C[C@@H]1CCCN(CC(=O)Nc2ccccc2C(=O)NC2CC2)C1. The number of carbonyl (C=O) groups is 2. The summed E-state index contributed by atoms with van der Waals surface area (Å²) in [6, 6.07) is 7.52. The molecule has 1 aromatic carbocycles. The number of piperidine rings is 1. The van der Waals surface area contributed by atoms with Gasteiger partial charge in [0, 0.05) is 12.6 Å². The third-order valence-corrected chi connectivity index (χ3v) is 4.47. The number of para-hydroxylation sites is 1. The van der Waals surface area contributed by atoms with E-state index in [0.717, 1.165) is 32.4 Å². The average Bonchev–Trinajstić information content (AvgIpc) is 3.31. The summed E-state index contributed by atoms with van der Waals surface area (Å²) in [5.41, 5.74) is 1.14. The van der Waals surface area contributed by atoms with Gasteiger partial charge in [-0.15, -0.1) is 0 Å².